The van der Waals surface area contributed by atoms with Gasteiger partial charge in [-0.1, -0.05) is 30.0 Å². The van der Waals surface area contributed by atoms with Gasteiger partial charge in [-0.25, -0.2) is 0 Å². The zero-order valence-corrected chi connectivity index (χ0v) is 18.7. The molecule has 1 aliphatic heterocycles. The van der Waals surface area contributed by atoms with Crippen LogP contribution >= 0.6 is 11.8 Å². The minimum atomic E-state index is -0.482. The normalized spacial score (nSPS) is 13.7. The molecule has 4 aromatic rings. The summed E-state index contributed by atoms with van der Waals surface area (Å²) >= 11 is 1.26. The van der Waals surface area contributed by atoms with Gasteiger partial charge in [0, 0.05) is 18.3 Å². The van der Waals surface area contributed by atoms with E-state index in [-0.39, 0.29) is 11.5 Å². The summed E-state index contributed by atoms with van der Waals surface area (Å²) in [6.45, 7) is 6.81. The number of hydrogen-bond acceptors (Lipinski definition) is 7. The van der Waals surface area contributed by atoms with Crippen molar-refractivity contribution in [2.24, 2.45) is 0 Å². The molecule has 9 nitrogen and oxygen atoms in total. The zero-order chi connectivity index (χ0) is 22.9. The average Bonchev–Trinajstić information content (AvgIpc) is 3.25. The van der Waals surface area contributed by atoms with Crippen molar-refractivity contribution < 1.29 is 14.3 Å². The maximum Gasteiger partial charge on any atom is 0.263 e. The number of ether oxygens (including phenoxy) is 2. The fraction of sp³-hybridized carbons (Fsp3) is 0.217. The number of carbonyl (C=O) groups is 1. The molecule has 1 atom stereocenters. The number of nitrogens with zero attached hydrogens (tertiary/aromatic N) is 4. The van der Waals surface area contributed by atoms with Crippen LogP contribution in [0.2, 0.25) is 0 Å². The van der Waals surface area contributed by atoms with Gasteiger partial charge in [0.25, 0.3) is 5.56 Å². The Labute approximate surface area is 193 Å². The molecule has 5 rings (SSSR count). The number of allylic oxidation sites excluding steroid dienone is 1. The van der Waals surface area contributed by atoms with Crippen LogP contribution in [0.3, 0.4) is 0 Å². The molecular weight excluding hydrogens is 442 g/mol. The summed E-state index contributed by atoms with van der Waals surface area (Å²) in [5.41, 5.74) is 1.14. The maximum atomic E-state index is 12.9. The number of para-hydroxylation sites is 1. The molecular formula is C23H21N5O4S. The third kappa shape index (κ3) is 3.82. The van der Waals surface area contributed by atoms with E-state index in [1.54, 1.807) is 41.7 Å². The summed E-state index contributed by atoms with van der Waals surface area (Å²) in [5, 5.41) is 12.0. The van der Waals surface area contributed by atoms with E-state index in [9.17, 15) is 9.59 Å². The zero-order valence-electron chi connectivity index (χ0n) is 17.9. The van der Waals surface area contributed by atoms with E-state index in [4.69, 9.17) is 9.47 Å². The monoisotopic (exact) mass is 463 g/mol. The molecule has 0 radical (unpaired) electrons. The molecule has 1 amide bonds. The highest BCUT2D eigenvalue weighted by Gasteiger charge is 2.22. The number of rotatable bonds is 6. The van der Waals surface area contributed by atoms with Gasteiger partial charge in [0.15, 0.2) is 16.7 Å². The summed E-state index contributed by atoms with van der Waals surface area (Å²) < 4.78 is 14.4. The molecule has 1 unspecified atom stereocenters. The third-order valence-electron chi connectivity index (χ3n) is 5.25. The van der Waals surface area contributed by atoms with Gasteiger partial charge in [-0.2, -0.15) is 0 Å². The van der Waals surface area contributed by atoms with Crippen LogP contribution in [-0.2, 0) is 11.3 Å². The van der Waals surface area contributed by atoms with Gasteiger partial charge in [0.05, 0.1) is 16.2 Å². The van der Waals surface area contributed by atoms with Gasteiger partial charge in [0.1, 0.15) is 13.2 Å². The largest absolute Gasteiger partial charge is 0.486 e. The Balaban J connectivity index is 1.45. The summed E-state index contributed by atoms with van der Waals surface area (Å²) in [6, 6.07) is 12.6. The smallest absolute Gasteiger partial charge is 0.263 e. The van der Waals surface area contributed by atoms with Crippen LogP contribution in [0.4, 0.5) is 5.69 Å². The second kappa shape index (κ2) is 8.62. The van der Waals surface area contributed by atoms with Crippen LogP contribution in [0.1, 0.15) is 6.92 Å². The fourth-order valence-electron chi connectivity index (χ4n) is 3.68. The highest BCUT2D eigenvalue weighted by atomic mass is 32.2. The number of amides is 1. The number of aromatic nitrogens is 4. The highest BCUT2D eigenvalue weighted by molar-refractivity contribution is 8.00. The molecule has 2 aromatic carbocycles. The Bertz CT molecular complexity index is 1440. The first kappa shape index (κ1) is 21.1. The number of thioether (sulfide) groups is 1. The number of hydrogen-bond donors (Lipinski definition) is 1. The average molecular weight is 464 g/mol. The molecule has 2 aromatic heterocycles. The van der Waals surface area contributed by atoms with Crippen LogP contribution in [0.25, 0.3) is 16.7 Å². The van der Waals surface area contributed by atoms with Crippen molar-refractivity contribution in [3.8, 4) is 11.5 Å². The minimum absolute atomic E-state index is 0.161. The maximum absolute atomic E-state index is 12.9. The molecule has 1 aliphatic rings. The van der Waals surface area contributed by atoms with Crippen LogP contribution in [0.5, 0.6) is 11.5 Å². The number of nitrogens with one attached hydrogen (secondary N) is 1. The standard InChI is InChI=1S/C23H21N5O4S/c1-3-10-27-21(30)16-6-4-5-7-17(16)28-22(27)25-26-23(28)33-14(2)20(29)24-15-8-9-18-19(13-15)32-12-11-31-18/h3-9,13-14H,1,10-12H2,2H3,(H,24,29). The van der Waals surface area contributed by atoms with E-state index >= 15 is 0 Å². The number of anilines is 1. The lowest BCUT2D eigenvalue weighted by molar-refractivity contribution is -0.115. The van der Waals surface area contributed by atoms with Gasteiger partial charge in [-0.05, 0) is 31.2 Å². The summed E-state index contributed by atoms with van der Waals surface area (Å²) in [4.78, 5) is 25.8. The van der Waals surface area contributed by atoms with Crippen molar-refractivity contribution in [3.05, 3.63) is 65.5 Å². The van der Waals surface area contributed by atoms with E-state index < -0.39 is 5.25 Å². The molecule has 1 N–H and O–H groups in total. The highest BCUT2D eigenvalue weighted by Crippen LogP contribution is 2.33. The van der Waals surface area contributed by atoms with E-state index in [0.29, 0.717) is 58.8 Å². The Kier molecular flexibility index (Phi) is 5.51. The van der Waals surface area contributed by atoms with Crippen LogP contribution < -0.4 is 20.3 Å². The second-order valence-electron chi connectivity index (χ2n) is 7.45. The Morgan fingerprint density at radius 1 is 1.21 bits per heavy atom. The van der Waals surface area contributed by atoms with E-state index in [2.05, 4.69) is 22.1 Å². The molecule has 33 heavy (non-hydrogen) atoms. The van der Waals surface area contributed by atoms with E-state index in [0.717, 1.165) is 0 Å². The summed E-state index contributed by atoms with van der Waals surface area (Å²) in [5.74, 6) is 1.47. The molecule has 0 spiro atoms. The number of carbonyl (C=O) groups excluding carboxylic acids is 1. The van der Waals surface area contributed by atoms with Gasteiger partial charge in [-0.3, -0.25) is 18.6 Å². The van der Waals surface area contributed by atoms with Crippen molar-refractivity contribution in [3.63, 3.8) is 0 Å². The molecule has 10 heteroatoms. The first-order chi connectivity index (χ1) is 16.1. The molecule has 3 heterocycles. The van der Waals surface area contributed by atoms with Crippen LogP contribution in [-0.4, -0.2) is 43.5 Å². The Hall–Kier alpha value is -3.79. The summed E-state index contributed by atoms with van der Waals surface area (Å²) in [6.07, 6.45) is 1.64. The Morgan fingerprint density at radius 2 is 2.00 bits per heavy atom. The molecule has 168 valence electrons. The molecule has 0 saturated carbocycles. The van der Waals surface area contributed by atoms with Crippen LogP contribution in [0.15, 0.2) is 65.1 Å². The van der Waals surface area contributed by atoms with Gasteiger partial charge in [0.2, 0.25) is 11.7 Å². The van der Waals surface area contributed by atoms with Crippen molar-refractivity contribution >= 4 is 40.0 Å². The van der Waals surface area contributed by atoms with E-state index in [1.165, 1.54) is 16.3 Å². The van der Waals surface area contributed by atoms with Gasteiger partial charge < -0.3 is 14.8 Å². The van der Waals surface area contributed by atoms with E-state index in [1.807, 2.05) is 18.2 Å². The fourth-order valence-corrected chi connectivity index (χ4v) is 4.54. The molecule has 0 bridgehead atoms. The lowest BCUT2D eigenvalue weighted by Gasteiger charge is -2.19. The third-order valence-corrected chi connectivity index (χ3v) is 6.29. The topological polar surface area (TPSA) is 99.8 Å². The molecule has 0 fully saturated rings. The van der Waals surface area contributed by atoms with Crippen molar-refractivity contribution in [2.45, 2.75) is 23.9 Å². The first-order valence-corrected chi connectivity index (χ1v) is 11.3. The SMILES string of the molecule is C=CCn1c(=O)c2ccccc2n2c(SC(C)C(=O)Nc3ccc4c(c3)OCCO4)nnc12. The van der Waals surface area contributed by atoms with Gasteiger partial charge >= 0.3 is 0 Å². The minimum Gasteiger partial charge on any atom is -0.486 e. The predicted molar refractivity (Wildman–Crippen MR) is 126 cm³/mol. The van der Waals surface area contributed by atoms with Crippen molar-refractivity contribution in [1.29, 1.82) is 0 Å². The molecule has 0 aliphatic carbocycles. The molecule has 0 saturated heterocycles. The lowest BCUT2D eigenvalue weighted by Crippen LogP contribution is -2.24. The Morgan fingerprint density at radius 3 is 2.82 bits per heavy atom. The summed E-state index contributed by atoms with van der Waals surface area (Å²) in [7, 11) is 0. The van der Waals surface area contributed by atoms with Crippen molar-refractivity contribution in [1.82, 2.24) is 19.2 Å². The van der Waals surface area contributed by atoms with Crippen molar-refractivity contribution in [2.75, 3.05) is 18.5 Å². The van der Waals surface area contributed by atoms with Crippen LogP contribution in [0, 0.1) is 0 Å². The lowest BCUT2D eigenvalue weighted by atomic mass is 10.2. The first-order valence-electron chi connectivity index (χ1n) is 10.4. The van der Waals surface area contributed by atoms with Gasteiger partial charge in [-0.15, -0.1) is 16.8 Å². The quantitative estimate of drug-likeness (QED) is 0.346. The number of fused-ring (bicyclic) bond motifs is 4. The second-order valence-corrected chi connectivity index (χ2v) is 8.76. The number of benzene rings is 2. The predicted octanol–water partition coefficient (Wildman–Crippen LogP) is 3.12.